The quantitative estimate of drug-likeness (QED) is 0.502. The number of nitrogens with one attached hydrogen (secondary N) is 1. The molecule has 1 atom stereocenters. The van der Waals surface area contributed by atoms with E-state index < -0.39 is 10.0 Å². The van der Waals surface area contributed by atoms with Gasteiger partial charge in [-0.2, -0.15) is 4.31 Å². The van der Waals surface area contributed by atoms with E-state index >= 15 is 0 Å². The Hall–Kier alpha value is -3.16. The summed E-state index contributed by atoms with van der Waals surface area (Å²) in [7, 11) is -2.39. The average Bonchev–Trinajstić information content (AvgIpc) is 2.83. The second-order valence-corrected chi connectivity index (χ2v) is 9.59. The molecule has 0 bridgehead atoms. The summed E-state index contributed by atoms with van der Waals surface area (Å²) in [6.07, 6.45) is 0. The minimum atomic E-state index is -3.81. The number of rotatable bonds is 9. The third kappa shape index (κ3) is 5.43. The molecule has 33 heavy (non-hydrogen) atoms. The van der Waals surface area contributed by atoms with Crippen molar-refractivity contribution in [3.05, 3.63) is 95.1 Å². The van der Waals surface area contributed by atoms with Gasteiger partial charge < -0.3 is 10.1 Å². The molecule has 0 saturated heterocycles. The molecule has 0 radical (unpaired) electrons. The number of benzene rings is 3. The Kier molecular flexibility index (Phi) is 7.89. The van der Waals surface area contributed by atoms with Gasteiger partial charge in [0.15, 0.2) is 0 Å². The summed E-state index contributed by atoms with van der Waals surface area (Å²) in [6.45, 7) is 6.20. The van der Waals surface area contributed by atoms with Gasteiger partial charge >= 0.3 is 0 Å². The van der Waals surface area contributed by atoms with Gasteiger partial charge in [-0.05, 0) is 36.2 Å². The summed E-state index contributed by atoms with van der Waals surface area (Å²) >= 11 is 0. The van der Waals surface area contributed by atoms with Gasteiger partial charge in [0.1, 0.15) is 10.6 Å². The van der Waals surface area contributed by atoms with Gasteiger partial charge in [0, 0.05) is 18.7 Å². The predicted molar refractivity (Wildman–Crippen MR) is 130 cm³/mol. The van der Waals surface area contributed by atoms with Crippen LogP contribution in [-0.2, 0) is 10.0 Å². The van der Waals surface area contributed by atoms with E-state index in [0.29, 0.717) is 13.1 Å². The van der Waals surface area contributed by atoms with E-state index in [9.17, 15) is 13.2 Å². The van der Waals surface area contributed by atoms with Crippen LogP contribution in [0.3, 0.4) is 0 Å². The van der Waals surface area contributed by atoms with Crippen LogP contribution in [0.4, 0.5) is 0 Å². The van der Waals surface area contributed by atoms with Gasteiger partial charge in [0.05, 0.1) is 13.2 Å². The highest BCUT2D eigenvalue weighted by molar-refractivity contribution is 7.89. The van der Waals surface area contributed by atoms with Crippen molar-refractivity contribution in [1.29, 1.82) is 0 Å². The van der Waals surface area contributed by atoms with Crippen molar-refractivity contribution in [2.45, 2.75) is 31.7 Å². The first-order valence-electron chi connectivity index (χ1n) is 10.9. The van der Waals surface area contributed by atoms with E-state index in [0.717, 1.165) is 16.7 Å². The summed E-state index contributed by atoms with van der Waals surface area (Å²) in [5, 5.41) is 3.07. The molecule has 174 valence electrons. The van der Waals surface area contributed by atoms with Gasteiger partial charge in [-0.25, -0.2) is 8.42 Å². The maximum absolute atomic E-state index is 13.3. The topological polar surface area (TPSA) is 75.7 Å². The lowest BCUT2D eigenvalue weighted by molar-refractivity contribution is 0.0942. The third-order valence-corrected chi connectivity index (χ3v) is 7.64. The molecule has 3 aromatic rings. The fraction of sp³-hybridized carbons (Fsp3) is 0.269. The lowest BCUT2D eigenvalue weighted by atomic mass is 9.97. The zero-order valence-corrected chi connectivity index (χ0v) is 20.2. The normalized spacial score (nSPS) is 12.4. The Morgan fingerprint density at radius 1 is 0.939 bits per heavy atom. The van der Waals surface area contributed by atoms with Gasteiger partial charge in [-0.15, -0.1) is 0 Å². The first kappa shape index (κ1) is 24.5. The highest BCUT2D eigenvalue weighted by Crippen LogP contribution is 2.29. The van der Waals surface area contributed by atoms with Gasteiger partial charge in [0.25, 0.3) is 5.91 Å². The molecular formula is C26H30N2O4S. The molecule has 0 fully saturated rings. The molecule has 7 heteroatoms. The summed E-state index contributed by atoms with van der Waals surface area (Å²) in [4.78, 5) is 13.3. The van der Waals surface area contributed by atoms with Crippen molar-refractivity contribution in [3.8, 4) is 5.75 Å². The van der Waals surface area contributed by atoms with Crippen LogP contribution in [0.1, 0.15) is 46.9 Å². The number of nitrogens with zero attached hydrogens (tertiary/aromatic N) is 1. The number of hydrogen-bond donors (Lipinski definition) is 1. The fourth-order valence-corrected chi connectivity index (χ4v) is 5.34. The van der Waals surface area contributed by atoms with Crippen molar-refractivity contribution in [2.24, 2.45) is 0 Å². The minimum absolute atomic E-state index is 0.0204. The van der Waals surface area contributed by atoms with Crippen molar-refractivity contribution >= 4 is 15.9 Å². The van der Waals surface area contributed by atoms with Gasteiger partial charge in [-0.3, -0.25) is 4.79 Å². The maximum atomic E-state index is 13.3. The summed E-state index contributed by atoms with van der Waals surface area (Å²) in [5.74, 6) is -0.167. The Balaban J connectivity index is 2.00. The average molecular weight is 467 g/mol. The van der Waals surface area contributed by atoms with E-state index in [1.165, 1.54) is 23.5 Å². The standard InChI is InChI=1S/C26H30N2O4S/c1-5-28(6-2)33(30,31)24-18-22(16-17-23(24)32-4)26(29)27-25(20-10-8-7-9-11-20)21-14-12-19(3)13-15-21/h7-18,25H,5-6H2,1-4H3,(H,27,29). The molecule has 3 rings (SSSR count). The number of methoxy groups -OCH3 is 1. The molecule has 0 aliphatic heterocycles. The summed E-state index contributed by atoms with van der Waals surface area (Å²) in [5.41, 5.74) is 3.23. The van der Waals surface area contributed by atoms with Crippen LogP contribution in [-0.4, -0.2) is 38.8 Å². The molecule has 0 aliphatic rings. The molecule has 0 saturated carbocycles. The number of sulfonamides is 1. The number of carbonyl (C=O) groups excluding carboxylic acids is 1. The van der Waals surface area contributed by atoms with Crippen molar-refractivity contribution < 1.29 is 17.9 Å². The monoisotopic (exact) mass is 466 g/mol. The number of carbonyl (C=O) groups is 1. The first-order chi connectivity index (χ1) is 15.8. The largest absolute Gasteiger partial charge is 0.495 e. The molecule has 3 aromatic carbocycles. The van der Waals surface area contributed by atoms with E-state index in [2.05, 4.69) is 5.32 Å². The fourth-order valence-electron chi connectivity index (χ4n) is 3.70. The highest BCUT2D eigenvalue weighted by atomic mass is 32.2. The van der Waals surface area contributed by atoms with E-state index in [1.807, 2.05) is 61.5 Å². The SMILES string of the molecule is CCN(CC)S(=O)(=O)c1cc(C(=O)NC(c2ccccc2)c2ccc(C)cc2)ccc1OC. The zero-order valence-electron chi connectivity index (χ0n) is 19.4. The number of hydrogen-bond acceptors (Lipinski definition) is 4. The lowest BCUT2D eigenvalue weighted by Gasteiger charge is -2.22. The van der Waals surface area contributed by atoms with Gasteiger partial charge in [0.2, 0.25) is 10.0 Å². The molecular weight excluding hydrogens is 436 g/mol. The second kappa shape index (κ2) is 10.6. The Labute approximate surface area is 196 Å². The van der Waals surface area contributed by atoms with Crippen LogP contribution in [0.2, 0.25) is 0 Å². The van der Waals surface area contributed by atoms with Crippen LogP contribution in [0.5, 0.6) is 5.75 Å². The van der Waals surface area contributed by atoms with Crippen molar-refractivity contribution in [2.75, 3.05) is 20.2 Å². The third-order valence-electron chi connectivity index (χ3n) is 5.57. The van der Waals surface area contributed by atoms with Crippen LogP contribution in [0, 0.1) is 6.92 Å². The van der Waals surface area contributed by atoms with E-state index in [-0.39, 0.29) is 28.2 Å². The van der Waals surface area contributed by atoms with Crippen LogP contribution < -0.4 is 10.1 Å². The molecule has 1 unspecified atom stereocenters. The predicted octanol–water partition coefficient (Wildman–Crippen LogP) is 4.55. The molecule has 1 N–H and O–H groups in total. The molecule has 0 spiro atoms. The molecule has 6 nitrogen and oxygen atoms in total. The van der Waals surface area contributed by atoms with Crippen LogP contribution >= 0.6 is 0 Å². The summed E-state index contributed by atoms with van der Waals surface area (Å²) < 4.78 is 33.0. The Morgan fingerprint density at radius 3 is 2.12 bits per heavy atom. The smallest absolute Gasteiger partial charge is 0.252 e. The number of ether oxygens (including phenoxy) is 1. The molecule has 0 heterocycles. The lowest BCUT2D eigenvalue weighted by Crippen LogP contribution is -2.32. The minimum Gasteiger partial charge on any atom is -0.495 e. The van der Waals surface area contributed by atoms with Crippen LogP contribution in [0.25, 0.3) is 0 Å². The molecule has 1 amide bonds. The Morgan fingerprint density at radius 2 is 1.55 bits per heavy atom. The highest BCUT2D eigenvalue weighted by Gasteiger charge is 2.27. The zero-order chi connectivity index (χ0) is 24.0. The summed E-state index contributed by atoms with van der Waals surface area (Å²) in [6, 6.07) is 21.7. The number of aryl methyl sites for hydroxylation is 1. The Bertz CT molecular complexity index is 1190. The van der Waals surface area contributed by atoms with E-state index in [4.69, 9.17) is 4.74 Å². The molecule has 0 aliphatic carbocycles. The molecule has 0 aromatic heterocycles. The maximum Gasteiger partial charge on any atom is 0.252 e. The van der Waals surface area contributed by atoms with Gasteiger partial charge in [-0.1, -0.05) is 74.0 Å². The van der Waals surface area contributed by atoms with Crippen molar-refractivity contribution in [1.82, 2.24) is 9.62 Å². The second-order valence-electron chi connectivity index (χ2n) is 7.68. The van der Waals surface area contributed by atoms with Crippen molar-refractivity contribution in [3.63, 3.8) is 0 Å². The van der Waals surface area contributed by atoms with Crippen LogP contribution in [0.15, 0.2) is 77.7 Å². The first-order valence-corrected chi connectivity index (χ1v) is 12.4. The van der Waals surface area contributed by atoms with E-state index in [1.54, 1.807) is 19.9 Å². The number of amides is 1.